The molecule has 1 aliphatic rings. The summed E-state index contributed by atoms with van der Waals surface area (Å²) in [7, 11) is 0. The number of nitrogens with zero attached hydrogens (tertiary/aromatic N) is 3. The Morgan fingerprint density at radius 2 is 2.26 bits per heavy atom. The summed E-state index contributed by atoms with van der Waals surface area (Å²) in [4.78, 5) is 20.2. The summed E-state index contributed by atoms with van der Waals surface area (Å²) in [5.74, 6) is 0.821. The number of hydrogen-bond donors (Lipinski definition) is 1. The highest BCUT2D eigenvalue weighted by Crippen LogP contribution is 2.22. The van der Waals surface area contributed by atoms with E-state index in [0.29, 0.717) is 24.4 Å². The van der Waals surface area contributed by atoms with Gasteiger partial charge in [-0.05, 0) is 29.3 Å². The first-order valence-corrected chi connectivity index (χ1v) is 7.13. The zero-order valence-corrected chi connectivity index (χ0v) is 12.5. The average Bonchev–Trinajstić information content (AvgIpc) is 3.00. The smallest absolute Gasteiger partial charge is 0.250 e. The Morgan fingerprint density at radius 1 is 1.39 bits per heavy atom. The number of rotatable bonds is 4. The van der Waals surface area contributed by atoms with Gasteiger partial charge in [-0.2, -0.15) is 0 Å². The zero-order chi connectivity index (χ0) is 16.2. The van der Waals surface area contributed by atoms with Crippen LogP contribution in [0, 0.1) is 0 Å². The predicted octanol–water partition coefficient (Wildman–Crippen LogP) is 2.18. The van der Waals surface area contributed by atoms with Crippen molar-refractivity contribution in [3.8, 4) is 0 Å². The Kier molecular flexibility index (Phi) is 4.05. The number of hydrogen-bond acceptors (Lipinski definition) is 5. The molecule has 6 heteroatoms. The van der Waals surface area contributed by atoms with E-state index < -0.39 is 0 Å². The van der Waals surface area contributed by atoms with Gasteiger partial charge in [0.2, 0.25) is 5.96 Å². The molecule has 0 fully saturated rings. The van der Waals surface area contributed by atoms with E-state index in [4.69, 9.17) is 10.2 Å². The lowest BCUT2D eigenvalue weighted by atomic mass is 10.0. The first-order valence-electron chi connectivity index (χ1n) is 7.13. The van der Waals surface area contributed by atoms with Crippen molar-refractivity contribution < 1.29 is 4.42 Å². The molecule has 116 valence electrons. The molecule has 0 radical (unpaired) electrons. The van der Waals surface area contributed by atoms with E-state index in [1.807, 2.05) is 6.07 Å². The van der Waals surface area contributed by atoms with Crippen molar-refractivity contribution >= 4 is 17.2 Å². The number of guanidine groups is 1. The zero-order valence-electron chi connectivity index (χ0n) is 12.5. The van der Waals surface area contributed by atoms with Crippen LogP contribution in [0.1, 0.15) is 17.7 Å². The van der Waals surface area contributed by atoms with E-state index in [0.717, 1.165) is 11.1 Å². The summed E-state index contributed by atoms with van der Waals surface area (Å²) in [6.07, 6.45) is 7.23. The van der Waals surface area contributed by atoms with Gasteiger partial charge in [-0.25, -0.2) is 9.98 Å². The second kappa shape index (κ2) is 6.31. The highest BCUT2D eigenvalue weighted by atomic mass is 16.3. The molecule has 2 aromatic heterocycles. The summed E-state index contributed by atoms with van der Waals surface area (Å²) < 4.78 is 6.99. The van der Waals surface area contributed by atoms with Crippen molar-refractivity contribution in [2.45, 2.75) is 13.0 Å². The molecule has 1 aliphatic heterocycles. The molecule has 2 N–H and O–H groups in total. The minimum absolute atomic E-state index is 0.0780. The lowest BCUT2D eigenvalue weighted by molar-refractivity contribution is 0.557. The SMILES string of the molecule is C=CCn1cc(C2=CN=C(N)N=C(c3ccco3)C2)ccc1=O. The first-order chi connectivity index (χ1) is 11.2. The number of aliphatic imine (C=N–C) groups is 2. The summed E-state index contributed by atoms with van der Waals surface area (Å²) in [5.41, 5.74) is 8.18. The van der Waals surface area contributed by atoms with E-state index in [1.165, 1.54) is 6.07 Å². The quantitative estimate of drug-likeness (QED) is 0.878. The molecule has 3 rings (SSSR count). The fourth-order valence-electron chi connectivity index (χ4n) is 2.34. The van der Waals surface area contributed by atoms with Crippen molar-refractivity contribution in [2.24, 2.45) is 15.7 Å². The van der Waals surface area contributed by atoms with Gasteiger partial charge in [-0.3, -0.25) is 4.79 Å². The lowest BCUT2D eigenvalue weighted by Gasteiger charge is -2.09. The molecule has 2 aromatic rings. The fourth-order valence-corrected chi connectivity index (χ4v) is 2.34. The second-order valence-corrected chi connectivity index (χ2v) is 5.05. The van der Waals surface area contributed by atoms with E-state index in [1.54, 1.807) is 41.4 Å². The molecule has 0 amide bonds. The van der Waals surface area contributed by atoms with Gasteiger partial charge in [0.1, 0.15) is 5.76 Å². The van der Waals surface area contributed by atoms with Gasteiger partial charge < -0.3 is 14.7 Å². The third-order valence-corrected chi connectivity index (χ3v) is 3.45. The van der Waals surface area contributed by atoms with Crippen molar-refractivity contribution in [3.05, 3.63) is 77.3 Å². The maximum Gasteiger partial charge on any atom is 0.250 e. The molecular weight excluding hydrogens is 292 g/mol. The minimum atomic E-state index is -0.0780. The lowest BCUT2D eigenvalue weighted by Crippen LogP contribution is -2.18. The average molecular weight is 308 g/mol. The summed E-state index contributed by atoms with van der Waals surface area (Å²) in [5, 5.41) is 0. The molecule has 0 spiro atoms. The van der Waals surface area contributed by atoms with Crippen LogP contribution >= 0.6 is 0 Å². The van der Waals surface area contributed by atoms with Gasteiger partial charge in [0, 0.05) is 31.4 Å². The Morgan fingerprint density at radius 3 is 3.00 bits per heavy atom. The first kappa shape index (κ1) is 14.8. The predicted molar refractivity (Wildman–Crippen MR) is 90.4 cm³/mol. The Hall–Kier alpha value is -3.15. The largest absolute Gasteiger partial charge is 0.463 e. The molecule has 0 saturated heterocycles. The van der Waals surface area contributed by atoms with Gasteiger partial charge in [-0.1, -0.05) is 6.08 Å². The molecule has 23 heavy (non-hydrogen) atoms. The van der Waals surface area contributed by atoms with Gasteiger partial charge in [-0.15, -0.1) is 6.58 Å². The number of pyridine rings is 1. The van der Waals surface area contributed by atoms with Crippen LogP contribution < -0.4 is 11.3 Å². The normalized spacial score (nSPS) is 14.5. The monoisotopic (exact) mass is 308 g/mol. The molecule has 0 saturated carbocycles. The van der Waals surface area contributed by atoms with Gasteiger partial charge in [0.15, 0.2) is 0 Å². The molecule has 0 bridgehead atoms. The van der Waals surface area contributed by atoms with E-state index in [9.17, 15) is 4.79 Å². The van der Waals surface area contributed by atoms with Crippen LogP contribution in [-0.2, 0) is 6.54 Å². The molecular formula is C17H16N4O2. The molecule has 6 nitrogen and oxygen atoms in total. The minimum Gasteiger partial charge on any atom is -0.463 e. The third kappa shape index (κ3) is 3.21. The Bertz CT molecular complexity index is 870. The summed E-state index contributed by atoms with van der Waals surface area (Å²) in [6.45, 7) is 4.11. The van der Waals surface area contributed by atoms with Crippen LogP contribution in [-0.4, -0.2) is 16.2 Å². The summed E-state index contributed by atoms with van der Waals surface area (Å²) in [6, 6.07) is 6.92. The van der Waals surface area contributed by atoms with E-state index in [-0.39, 0.29) is 11.5 Å². The molecule has 0 aromatic carbocycles. The third-order valence-electron chi connectivity index (χ3n) is 3.45. The fraction of sp³-hybridized carbons (Fsp3) is 0.118. The van der Waals surface area contributed by atoms with Crippen LogP contribution in [0.15, 0.2) is 74.8 Å². The highest BCUT2D eigenvalue weighted by molar-refractivity contribution is 6.10. The van der Waals surface area contributed by atoms with Gasteiger partial charge in [0.05, 0.1) is 12.0 Å². The van der Waals surface area contributed by atoms with Crippen molar-refractivity contribution in [1.82, 2.24) is 4.57 Å². The van der Waals surface area contributed by atoms with Crippen LogP contribution in [0.3, 0.4) is 0 Å². The van der Waals surface area contributed by atoms with Crippen LogP contribution in [0.2, 0.25) is 0 Å². The van der Waals surface area contributed by atoms with Crippen LogP contribution in [0.25, 0.3) is 5.57 Å². The van der Waals surface area contributed by atoms with Crippen molar-refractivity contribution in [3.63, 3.8) is 0 Å². The maximum atomic E-state index is 11.8. The molecule has 3 heterocycles. The Balaban J connectivity index is 2.00. The van der Waals surface area contributed by atoms with Crippen molar-refractivity contribution in [1.29, 1.82) is 0 Å². The van der Waals surface area contributed by atoms with Gasteiger partial charge in [0.25, 0.3) is 5.56 Å². The molecule has 0 atom stereocenters. The van der Waals surface area contributed by atoms with E-state index in [2.05, 4.69) is 16.6 Å². The topological polar surface area (TPSA) is 85.9 Å². The van der Waals surface area contributed by atoms with Crippen LogP contribution in [0.4, 0.5) is 0 Å². The van der Waals surface area contributed by atoms with Crippen LogP contribution in [0.5, 0.6) is 0 Å². The van der Waals surface area contributed by atoms with E-state index >= 15 is 0 Å². The highest BCUT2D eigenvalue weighted by Gasteiger charge is 2.15. The number of nitrogens with two attached hydrogens (primary N) is 1. The van der Waals surface area contributed by atoms with Gasteiger partial charge >= 0.3 is 0 Å². The van der Waals surface area contributed by atoms with Crippen molar-refractivity contribution in [2.75, 3.05) is 0 Å². The maximum absolute atomic E-state index is 11.8. The standard InChI is InChI=1S/C17H16N4O2/c1-2-7-21-11-12(5-6-16(21)22)13-9-14(15-4-3-8-23-15)20-17(18)19-10-13/h2-6,8,10-11H,1,7,9H2,(H2,18,19). The Labute approximate surface area is 133 Å². The molecule has 0 aliphatic carbocycles. The number of furan rings is 1. The summed E-state index contributed by atoms with van der Waals surface area (Å²) >= 11 is 0. The second-order valence-electron chi connectivity index (χ2n) is 5.05. The molecule has 0 unspecified atom stereocenters. The number of allylic oxidation sites excluding steroid dienone is 2. The number of aromatic nitrogens is 1.